The van der Waals surface area contributed by atoms with Crippen molar-refractivity contribution in [2.24, 2.45) is 0 Å². The van der Waals surface area contributed by atoms with Gasteiger partial charge in [0.05, 0.1) is 25.1 Å². The van der Waals surface area contributed by atoms with E-state index in [1.807, 2.05) is 6.07 Å². The second kappa shape index (κ2) is 4.99. The van der Waals surface area contributed by atoms with Crippen LogP contribution in [-0.4, -0.2) is 17.5 Å². The van der Waals surface area contributed by atoms with E-state index in [9.17, 15) is 0 Å². The Morgan fingerprint density at radius 3 is 2.87 bits per heavy atom. The van der Waals surface area contributed by atoms with E-state index >= 15 is 0 Å². The number of nitriles is 1. The average Bonchev–Trinajstić information content (AvgIpc) is 2.89. The van der Waals surface area contributed by atoms with Crippen molar-refractivity contribution in [1.29, 1.82) is 5.26 Å². The van der Waals surface area contributed by atoms with Gasteiger partial charge in [0, 0.05) is 18.2 Å². The van der Waals surface area contributed by atoms with Gasteiger partial charge in [0.1, 0.15) is 0 Å². The molecule has 1 aliphatic rings. The van der Waals surface area contributed by atoms with Gasteiger partial charge >= 0.3 is 0 Å². The number of hydrogen-bond donors (Lipinski definition) is 0. The van der Waals surface area contributed by atoms with E-state index in [0.717, 1.165) is 12.1 Å². The molecule has 80 valence electrons. The molecule has 1 aliphatic carbocycles. The summed E-state index contributed by atoms with van der Waals surface area (Å²) < 4.78 is 5.05. The summed E-state index contributed by atoms with van der Waals surface area (Å²) in [7, 11) is 0. The molecule has 15 heavy (non-hydrogen) atoms. The maximum absolute atomic E-state index is 8.81. The average molecular weight is 204 g/mol. The molecule has 0 amide bonds. The first-order valence-electron chi connectivity index (χ1n) is 5.52. The molecule has 0 radical (unpaired) electrons. The fourth-order valence-electron chi connectivity index (χ4n) is 2.29. The molecule has 1 aromatic heterocycles. The Hall–Kier alpha value is -1.27. The summed E-state index contributed by atoms with van der Waals surface area (Å²) in [4.78, 5) is 2.26. The van der Waals surface area contributed by atoms with Crippen LogP contribution in [0.1, 0.15) is 31.2 Å². The van der Waals surface area contributed by atoms with Crippen molar-refractivity contribution in [2.45, 2.75) is 38.3 Å². The fraction of sp³-hybridized carbons (Fsp3) is 0.583. The Balaban J connectivity index is 1.96. The third-order valence-electron chi connectivity index (χ3n) is 3.08. The standard InChI is InChI=1S/C12H16N2O/c13-6-7-14(12-3-1-2-4-12)9-11-5-8-15-10-11/h5,8,10,12H,1-4,7,9H2. The summed E-state index contributed by atoms with van der Waals surface area (Å²) in [5, 5.41) is 8.81. The molecule has 1 fully saturated rings. The molecule has 0 bridgehead atoms. The van der Waals surface area contributed by atoms with Crippen LogP contribution < -0.4 is 0 Å². The van der Waals surface area contributed by atoms with Gasteiger partial charge in [0.15, 0.2) is 0 Å². The van der Waals surface area contributed by atoms with Crippen LogP contribution in [0.3, 0.4) is 0 Å². The largest absolute Gasteiger partial charge is 0.472 e. The Kier molecular flexibility index (Phi) is 3.41. The van der Waals surface area contributed by atoms with E-state index in [1.54, 1.807) is 12.5 Å². The molecule has 0 aromatic carbocycles. The van der Waals surface area contributed by atoms with Crippen LogP contribution >= 0.6 is 0 Å². The van der Waals surface area contributed by atoms with Gasteiger partial charge in [-0.1, -0.05) is 12.8 Å². The maximum Gasteiger partial charge on any atom is 0.0947 e. The molecule has 0 atom stereocenters. The lowest BCUT2D eigenvalue weighted by atomic mass is 10.2. The molecule has 1 saturated carbocycles. The predicted octanol–water partition coefficient (Wildman–Crippen LogP) is 2.55. The summed E-state index contributed by atoms with van der Waals surface area (Å²) in [5.74, 6) is 0. The molecular formula is C12H16N2O. The highest BCUT2D eigenvalue weighted by Crippen LogP contribution is 2.24. The normalized spacial score (nSPS) is 17.1. The van der Waals surface area contributed by atoms with Crippen molar-refractivity contribution in [3.63, 3.8) is 0 Å². The first-order chi connectivity index (χ1) is 7.40. The lowest BCUT2D eigenvalue weighted by Gasteiger charge is -2.25. The Labute approximate surface area is 90.3 Å². The molecule has 0 aliphatic heterocycles. The maximum atomic E-state index is 8.81. The first kappa shape index (κ1) is 10.3. The molecule has 1 heterocycles. The molecule has 3 heteroatoms. The number of rotatable bonds is 4. The summed E-state index contributed by atoms with van der Waals surface area (Å²) in [6, 6.07) is 4.82. The molecule has 3 nitrogen and oxygen atoms in total. The van der Waals surface area contributed by atoms with Gasteiger partial charge in [-0.2, -0.15) is 5.26 Å². The lowest BCUT2D eigenvalue weighted by Crippen LogP contribution is -2.32. The third kappa shape index (κ3) is 2.60. The molecular weight excluding hydrogens is 188 g/mol. The second-order valence-corrected chi connectivity index (χ2v) is 4.13. The quantitative estimate of drug-likeness (QED) is 0.707. The van der Waals surface area contributed by atoms with Crippen LogP contribution in [-0.2, 0) is 6.54 Å². The number of hydrogen-bond acceptors (Lipinski definition) is 3. The monoisotopic (exact) mass is 204 g/mol. The molecule has 0 spiro atoms. The van der Waals surface area contributed by atoms with Gasteiger partial charge in [-0.25, -0.2) is 0 Å². The van der Waals surface area contributed by atoms with E-state index in [2.05, 4.69) is 11.0 Å². The Morgan fingerprint density at radius 1 is 1.47 bits per heavy atom. The second-order valence-electron chi connectivity index (χ2n) is 4.13. The van der Waals surface area contributed by atoms with Gasteiger partial charge < -0.3 is 4.42 Å². The smallest absolute Gasteiger partial charge is 0.0947 e. The molecule has 1 aromatic rings. The topological polar surface area (TPSA) is 40.2 Å². The molecule has 0 saturated heterocycles. The van der Waals surface area contributed by atoms with E-state index in [-0.39, 0.29) is 0 Å². The minimum Gasteiger partial charge on any atom is -0.472 e. The van der Waals surface area contributed by atoms with Crippen molar-refractivity contribution in [3.05, 3.63) is 24.2 Å². The summed E-state index contributed by atoms with van der Waals surface area (Å²) >= 11 is 0. The Morgan fingerprint density at radius 2 is 2.27 bits per heavy atom. The van der Waals surface area contributed by atoms with Crippen molar-refractivity contribution in [3.8, 4) is 6.07 Å². The van der Waals surface area contributed by atoms with Gasteiger partial charge in [0.25, 0.3) is 0 Å². The number of furan rings is 1. The SMILES string of the molecule is N#CCN(Cc1ccoc1)C1CCCC1. The molecule has 0 unspecified atom stereocenters. The zero-order valence-electron chi connectivity index (χ0n) is 8.85. The molecule has 0 N–H and O–H groups in total. The van der Waals surface area contributed by atoms with Gasteiger partial charge in [-0.05, 0) is 18.9 Å². The van der Waals surface area contributed by atoms with Crippen LogP contribution in [0.15, 0.2) is 23.0 Å². The Bertz CT molecular complexity index is 320. The highest BCUT2D eigenvalue weighted by Gasteiger charge is 2.22. The van der Waals surface area contributed by atoms with E-state index in [0.29, 0.717) is 12.6 Å². The van der Waals surface area contributed by atoms with Gasteiger partial charge in [-0.3, -0.25) is 4.90 Å². The molecule has 2 rings (SSSR count). The van der Waals surface area contributed by atoms with Crippen molar-refractivity contribution in [2.75, 3.05) is 6.54 Å². The predicted molar refractivity (Wildman–Crippen MR) is 57.0 cm³/mol. The van der Waals surface area contributed by atoms with Crippen LogP contribution in [0, 0.1) is 11.3 Å². The van der Waals surface area contributed by atoms with Crippen LogP contribution in [0.2, 0.25) is 0 Å². The summed E-state index contributed by atoms with van der Waals surface area (Å²) in [6.45, 7) is 1.37. The highest BCUT2D eigenvalue weighted by molar-refractivity contribution is 5.06. The fourth-order valence-corrected chi connectivity index (χ4v) is 2.29. The zero-order valence-corrected chi connectivity index (χ0v) is 8.85. The van der Waals surface area contributed by atoms with Crippen LogP contribution in [0.5, 0.6) is 0 Å². The zero-order chi connectivity index (χ0) is 10.5. The van der Waals surface area contributed by atoms with Gasteiger partial charge in [-0.15, -0.1) is 0 Å². The van der Waals surface area contributed by atoms with Gasteiger partial charge in [0.2, 0.25) is 0 Å². The summed E-state index contributed by atoms with van der Waals surface area (Å²) in [6.07, 6.45) is 8.53. The summed E-state index contributed by atoms with van der Waals surface area (Å²) in [5.41, 5.74) is 1.16. The van der Waals surface area contributed by atoms with Crippen molar-refractivity contribution >= 4 is 0 Å². The minimum absolute atomic E-state index is 0.524. The third-order valence-corrected chi connectivity index (χ3v) is 3.08. The lowest BCUT2D eigenvalue weighted by molar-refractivity contribution is 0.213. The van der Waals surface area contributed by atoms with Crippen LogP contribution in [0.25, 0.3) is 0 Å². The van der Waals surface area contributed by atoms with E-state index < -0.39 is 0 Å². The number of nitrogens with zero attached hydrogens (tertiary/aromatic N) is 2. The van der Waals surface area contributed by atoms with Crippen LogP contribution in [0.4, 0.5) is 0 Å². The minimum atomic E-state index is 0.524. The highest BCUT2D eigenvalue weighted by atomic mass is 16.3. The van der Waals surface area contributed by atoms with E-state index in [4.69, 9.17) is 9.68 Å². The first-order valence-corrected chi connectivity index (χ1v) is 5.52. The van der Waals surface area contributed by atoms with Crippen molar-refractivity contribution < 1.29 is 4.42 Å². The van der Waals surface area contributed by atoms with E-state index in [1.165, 1.54) is 25.7 Å². The van der Waals surface area contributed by atoms with Crippen molar-refractivity contribution in [1.82, 2.24) is 4.90 Å².